The van der Waals surface area contributed by atoms with E-state index in [1.54, 1.807) is 0 Å². The van der Waals surface area contributed by atoms with Crippen LogP contribution in [0.5, 0.6) is 0 Å². The summed E-state index contributed by atoms with van der Waals surface area (Å²) in [6, 6.07) is 0.452. The molecule has 2 aliphatic rings. The molecule has 0 aromatic heterocycles. The zero-order valence-electron chi connectivity index (χ0n) is 13.2. The Morgan fingerprint density at radius 3 is 2.30 bits per heavy atom. The summed E-state index contributed by atoms with van der Waals surface area (Å²) < 4.78 is 0. The van der Waals surface area contributed by atoms with E-state index in [0.29, 0.717) is 12.0 Å². The van der Waals surface area contributed by atoms with Gasteiger partial charge >= 0.3 is 0 Å². The van der Waals surface area contributed by atoms with E-state index in [0.717, 1.165) is 32.2 Å². The number of nitrogens with one attached hydrogen (secondary N) is 1. The lowest BCUT2D eigenvalue weighted by molar-refractivity contribution is -0.127. The van der Waals surface area contributed by atoms with Crippen LogP contribution in [0.4, 0.5) is 0 Å². The van der Waals surface area contributed by atoms with Gasteiger partial charge in [0.15, 0.2) is 0 Å². The van der Waals surface area contributed by atoms with Gasteiger partial charge in [0, 0.05) is 12.6 Å². The second kappa shape index (κ2) is 6.90. The maximum atomic E-state index is 12.4. The Labute approximate surface area is 123 Å². The highest BCUT2D eigenvalue weighted by atomic mass is 16.2. The number of likely N-dealkylation sites (tertiary alicyclic amines) is 1. The van der Waals surface area contributed by atoms with Crippen molar-refractivity contribution in [1.82, 2.24) is 10.2 Å². The fourth-order valence-electron chi connectivity index (χ4n) is 3.64. The van der Waals surface area contributed by atoms with Crippen molar-refractivity contribution in [3.8, 4) is 0 Å². The standard InChI is InChI=1S/C16H31N3O/c1-13(2)14(19-10-6-7-11-19)12-18-15(20)16(17)8-4-3-5-9-16/h13-14H,3-12,17H2,1-2H3,(H,18,20). The molecule has 1 saturated heterocycles. The minimum atomic E-state index is -0.606. The number of carbonyl (C=O) groups excluding carboxylic acids is 1. The van der Waals surface area contributed by atoms with E-state index in [1.165, 1.54) is 32.4 Å². The van der Waals surface area contributed by atoms with Gasteiger partial charge in [-0.3, -0.25) is 9.69 Å². The highest BCUT2D eigenvalue weighted by Crippen LogP contribution is 2.26. The van der Waals surface area contributed by atoms with E-state index in [9.17, 15) is 4.79 Å². The molecule has 2 rings (SSSR count). The molecule has 20 heavy (non-hydrogen) atoms. The van der Waals surface area contributed by atoms with Crippen molar-refractivity contribution < 1.29 is 4.79 Å². The predicted octanol–water partition coefficient (Wildman–Crippen LogP) is 1.88. The van der Waals surface area contributed by atoms with Gasteiger partial charge in [0.25, 0.3) is 0 Å². The topological polar surface area (TPSA) is 58.4 Å². The van der Waals surface area contributed by atoms with Crippen molar-refractivity contribution >= 4 is 5.91 Å². The second-order valence-electron chi connectivity index (χ2n) is 6.98. The Hall–Kier alpha value is -0.610. The Balaban J connectivity index is 1.86. The highest BCUT2D eigenvalue weighted by molar-refractivity contribution is 5.86. The van der Waals surface area contributed by atoms with Crippen molar-refractivity contribution in [3.63, 3.8) is 0 Å². The van der Waals surface area contributed by atoms with Crippen LogP contribution in [0.2, 0.25) is 0 Å². The zero-order valence-corrected chi connectivity index (χ0v) is 13.2. The summed E-state index contributed by atoms with van der Waals surface area (Å²) in [5.41, 5.74) is 5.69. The van der Waals surface area contributed by atoms with E-state index >= 15 is 0 Å². The SMILES string of the molecule is CC(C)C(CNC(=O)C1(N)CCCCC1)N1CCCC1. The monoisotopic (exact) mass is 281 g/mol. The second-order valence-corrected chi connectivity index (χ2v) is 6.98. The van der Waals surface area contributed by atoms with E-state index in [4.69, 9.17) is 5.73 Å². The lowest BCUT2D eigenvalue weighted by atomic mass is 9.82. The summed E-state index contributed by atoms with van der Waals surface area (Å²) in [5, 5.41) is 3.15. The van der Waals surface area contributed by atoms with E-state index in [1.807, 2.05) is 0 Å². The van der Waals surface area contributed by atoms with Crippen LogP contribution in [-0.4, -0.2) is 42.0 Å². The maximum Gasteiger partial charge on any atom is 0.240 e. The molecule has 1 aliphatic heterocycles. The molecule has 0 aromatic carbocycles. The van der Waals surface area contributed by atoms with Crippen molar-refractivity contribution in [2.24, 2.45) is 11.7 Å². The molecule has 0 bridgehead atoms. The normalized spacial score (nSPS) is 24.8. The molecule has 1 atom stereocenters. The number of nitrogens with zero attached hydrogens (tertiary/aromatic N) is 1. The Morgan fingerprint density at radius 1 is 1.15 bits per heavy atom. The molecular weight excluding hydrogens is 250 g/mol. The number of hydrogen-bond donors (Lipinski definition) is 2. The van der Waals surface area contributed by atoms with Crippen LogP contribution < -0.4 is 11.1 Å². The molecule has 2 fully saturated rings. The van der Waals surface area contributed by atoms with E-state index in [2.05, 4.69) is 24.1 Å². The van der Waals surface area contributed by atoms with Crippen LogP contribution in [0.15, 0.2) is 0 Å². The van der Waals surface area contributed by atoms with Crippen LogP contribution in [0.3, 0.4) is 0 Å². The number of carbonyl (C=O) groups is 1. The first kappa shape index (κ1) is 15.8. The van der Waals surface area contributed by atoms with Gasteiger partial charge in [-0.25, -0.2) is 0 Å². The summed E-state index contributed by atoms with van der Waals surface area (Å²) in [6.07, 6.45) is 7.65. The first-order chi connectivity index (χ1) is 9.53. The Morgan fingerprint density at radius 2 is 1.75 bits per heavy atom. The van der Waals surface area contributed by atoms with Crippen LogP contribution in [-0.2, 0) is 4.79 Å². The summed E-state index contributed by atoms with van der Waals surface area (Å²) in [5.74, 6) is 0.635. The molecule has 4 heteroatoms. The average molecular weight is 281 g/mol. The minimum Gasteiger partial charge on any atom is -0.353 e. The van der Waals surface area contributed by atoms with Crippen molar-refractivity contribution in [2.45, 2.75) is 70.4 Å². The van der Waals surface area contributed by atoms with Crippen molar-refractivity contribution in [2.75, 3.05) is 19.6 Å². The van der Waals surface area contributed by atoms with E-state index < -0.39 is 5.54 Å². The van der Waals surface area contributed by atoms with Crippen LogP contribution in [0.25, 0.3) is 0 Å². The molecule has 1 saturated carbocycles. The minimum absolute atomic E-state index is 0.0713. The van der Waals surface area contributed by atoms with E-state index in [-0.39, 0.29) is 5.91 Å². The third-order valence-corrected chi connectivity index (χ3v) is 5.05. The summed E-state index contributed by atoms with van der Waals surface area (Å²) >= 11 is 0. The van der Waals surface area contributed by atoms with Gasteiger partial charge in [0.05, 0.1) is 5.54 Å². The van der Waals surface area contributed by atoms with Crippen molar-refractivity contribution in [1.29, 1.82) is 0 Å². The molecule has 0 aromatic rings. The molecule has 1 unspecified atom stereocenters. The Kier molecular flexibility index (Phi) is 5.44. The molecule has 1 amide bonds. The zero-order chi connectivity index (χ0) is 14.6. The van der Waals surface area contributed by atoms with Crippen LogP contribution >= 0.6 is 0 Å². The lowest BCUT2D eigenvalue weighted by Crippen LogP contribution is -2.57. The largest absolute Gasteiger partial charge is 0.353 e. The van der Waals surface area contributed by atoms with Gasteiger partial charge in [-0.05, 0) is 44.7 Å². The molecule has 4 nitrogen and oxygen atoms in total. The molecule has 0 radical (unpaired) electrons. The lowest BCUT2D eigenvalue weighted by Gasteiger charge is -2.35. The molecule has 1 heterocycles. The highest BCUT2D eigenvalue weighted by Gasteiger charge is 2.36. The molecule has 3 N–H and O–H groups in total. The van der Waals surface area contributed by atoms with Gasteiger partial charge in [-0.15, -0.1) is 0 Å². The quantitative estimate of drug-likeness (QED) is 0.809. The fraction of sp³-hybridized carbons (Fsp3) is 0.938. The Bertz CT molecular complexity index is 318. The van der Waals surface area contributed by atoms with Crippen LogP contribution in [0, 0.1) is 5.92 Å². The first-order valence-corrected chi connectivity index (χ1v) is 8.34. The first-order valence-electron chi connectivity index (χ1n) is 8.34. The van der Waals surface area contributed by atoms with Gasteiger partial charge in [0.2, 0.25) is 5.91 Å². The molecule has 0 spiro atoms. The number of amides is 1. The predicted molar refractivity (Wildman–Crippen MR) is 82.4 cm³/mol. The summed E-state index contributed by atoms with van der Waals surface area (Å²) in [4.78, 5) is 14.9. The van der Waals surface area contributed by atoms with Crippen molar-refractivity contribution in [3.05, 3.63) is 0 Å². The van der Waals surface area contributed by atoms with Crippen LogP contribution in [0.1, 0.15) is 58.8 Å². The third-order valence-electron chi connectivity index (χ3n) is 5.05. The summed E-state index contributed by atoms with van der Waals surface area (Å²) in [7, 11) is 0. The van der Waals surface area contributed by atoms with Gasteiger partial charge < -0.3 is 11.1 Å². The summed E-state index contributed by atoms with van der Waals surface area (Å²) in [6.45, 7) is 7.58. The smallest absolute Gasteiger partial charge is 0.240 e. The number of nitrogens with two attached hydrogens (primary N) is 1. The number of rotatable bonds is 5. The molecule has 1 aliphatic carbocycles. The fourth-order valence-corrected chi connectivity index (χ4v) is 3.64. The van der Waals surface area contributed by atoms with Gasteiger partial charge in [-0.2, -0.15) is 0 Å². The maximum absolute atomic E-state index is 12.4. The molecule has 116 valence electrons. The molecular formula is C16H31N3O. The van der Waals surface area contributed by atoms with Gasteiger partial charge in [-0.1, -0.05) is 33.1 Å². The third kappa shape index (κ3) is 3.73. The average Bonchev–Trinajstić information content (AvgIpc) is 2.93. The van der Waals surface area contributed by atoms with Gasteiger partial charge in [0.1, 0.15) is 0 Å². The number of hydrogen-bond acceptors (Lipinski definition) is 3.